The zero-order chi connectivity index (χ0) is 17.7. The molecule has 0 saturated carbocycles. The van der Waals surface area contributed by atoms with Crippen LogP contribution >= 0.6 is 22.7 Å². The minimum atomic E-state index is 0.829. The van der Waals surface area contributed by atoms with Crippen molar-refractivity contribution in [2.75, 3.05) is 11.4 Å². The summed E-state index contributed by atoms with van der Waals surface area (Å²) in [5, 5.41) is 4.42. The molecule has 26 heavy (non-hydrogen) atoms. The van der Waals surface area contributed by atoms with Gasteiger partial charge in [0.15, 0.2) is 0 Å². The van der Waals surface area contributed by atoms with E-state index in [1.165, 1.54) is 27.1 Å². The molecule has 0 aromatic carbocycles. The van der Waals surface area contributed by atoms with Gasteiger partial charge in [0.1, 0.15) is 17.0 Å². The van der Waals surface area contributed by atoms with Crippen LogP contribution in [0.2, 0.25) is 0 Å². The van der Waals surface area contributed by atoms with Gasteiger partial charge >= 0.3 is 0 Å². The summed E-state index contributed by atoms with van der Waals surface area (Å²) < 4.78 is 0. The summed E-state index contributed by atoms with van der Waals surface area (Å²) in [5.41, 5.74) is 4.87. The van der Waals surface area contributed by atoms with Gasteiger partial charge in [0.05, 0.1) is 15.3 Å². The maximum atomic E-state index is 4.72. The lowest BCUT2D eigenvalue weighted by molar-refractivity contribution is 0.705. The highest BCUT2D eigenvalue weighted by atomic mass is 32.1. The second-order valence-electron chi connectivity index (χ2n) is 6.54. The van der Waals surface area contributed by atoms with E-state index in [9.17, 15) is 0 Å². The van der Waals surface area contributed by atoms with E-state index in [0.717, 1.165) is 40.7 Å². The third kappa shape index (κ3) is 2.59. The largest absolute Gasteiger partial charge is 0.351 e. The SMILES string of the molecule is Cc1ncc(-c2cnc3c(c2)CN(c2ncnc4scc(C)c24)CC3)s1. The van der Waals surface area contributed by atoms with Gasteiger partial charge in [-0.3, -0.25) is 4.98 Å². The van der Waals surface area contributed by atoms with Crippen LogP contribution in [0.3, 0.4) is 0 Å². The molecule has 1 aliphatic heterocycles. The topological polar surface area (TPSA) is 54.8 Å². The third-order valence-corrected chi connectivity index (χ3v) is 6.75. The van der Waals surface area contributed by atoms with Gasteiger partial charge in [0.2, 0.25) is 0 Å². The Bertz CT molecular complexity index is 1110. The number of thiophene rings is 1. The van der Waals surface area contributed by atoms with Crippen LogP contribution < -0.4 is 4.90 Å². The first-order chi connectivity index (χ1) is 12.7. The monoisotopic (exact) mass is 379 g/mol. The Kier molecular flexibility index (Phi) is 3.72. The molecule has 0 bridgehead atoms. The van der Waals surface area contributed by atoms with Gasteiger partial charge in [0.25, 0.3) is 0 Å². The van der Waals surface area contributed by atoms with E-state index < -0.39 is 0 Å². The quantitative estimate of drug-likeness (QED) is 0.517. The van der Waals surface area contributed by atoms with Crippen LogP contribution in [-0.4, -0.2) is 26.5 Å². The molecule has 0 amide bonds. The molecular formula is C19H17N5S2. The van der Waals surface area contributed by atoms with Crippen LogP contribution in [0.15, 0.2) is 30.2 Å². The maximum Gasteiger partial charge on any atom is 0.141 e. The average molecular weight is 380 g/mol. The molecule has 0 unspecified atom stereocenters. The number of hydrogen-bond donors (Lipinski definition) is 0. The fourth-order valence-electron chi connectivity index (χ4n) is 3.47. The molecule has 7 heteroatoms. The Morgan fingerprint density at radius 1 is 1.08 bits per heavy atom. The fourth-order valence-corrected chi connectivity index (χ4v) is 5.12. The van der Waals surface area contributed by atoms with Crippen molar-refractivity contribution in [1.29, 1.82) is 0 Å². The summed E-state index contributed by atoms with van der Waals surface area (Å²) in [7, 11) is 0. The molecular weight excluding hydrogens is 362 g/mol. The summed E-state index contributed by atoms with van der Waals surface area (Å²) in [6.45, 7) is 5.93. The summed E-state index contributed by atoms with van der Waals surface area (Å²) in [4.78, 5) is 22.7. The van der Waals surface area contributed by atoms with E-state index >= 15 is 0 Å². The number of nitrogens with zero attached hydrogens (tertiary/aromatic N) is 5. The maximum absolute atomic E-state index is 4.72. The van der Waals surface area contributed by atoms with Crippen LogP contribution in [-0.2, 0) is 13.0 Å². The Morgan fingerprint density at radius 2 is 2.00 bits per heavy atom. The number of hydrogen-bond acceptors (Lipinski definition) is 7. The highest BCUT2D eigenvalue weighted by Gasteiger charge is 2.22. The Morgan fingerprint density at radius 3 is 2.85 bits per heavy atom. The van der Waals surface area contributed by atoms with Gasteiger partial charge in [-0.05, 0) is 36.4 Å². The van der Waals surface area contributed by atoms with E-state index in [2.05, 4.69) is 38.2 Å². The number of thiazole rings is 1. The first-order valence-electron chi connectivity index (χ1n) is 8.53. The van der Waals surface area contributed by atoms with E-state index in [1.54, 1.807) is 29.0 Å². The van der Waals surface area contributed by atoms with Crippen molar-refractivity contribution in [1.82, 2.24) is 19.9 Å². The number of pyridine rings is 1. The van der Waals surface area contributed by atoms with Crippen LogP contribution in [0.25, 0.3) is 20.7 Å². The zero-order valence-electron chi connectivity index (χ0n) is 14.6. The van der Waals surface area contributed by atoms with Gasteiger partial charge < -0.3 is 4.90 Å². The molecule has 0 atom stereocenters. The van der Waals surface area contributed by atoms with Crippen molar-refractivity contribution in [3.63, 3.8) is 0 Å². The smallest absolute Gasteiger partial charge is 0.141 e. The molecule has 130 valence electrons. The predicted octanol–water partition coefficient (Wildman–Crippen LogP) is 4.39. The number of rotatable bonds is 2. The Labute approximate surface area is 159 Å². The second-order valence-corrected chi connectivity index (χ2v) is 8.63. The second kappa shape index (κ2) is 6.10. The molecule has 0 spiro atoms. The molecule has 0 aliphatic carbocycles. The van der Waals surface area contributed by atoms with Crippen molar-refractivity contribution >= 4 is 38.7 Å². The zero-order valence-corrected chi connectivity index (χ0v) is 16.2. The van der Waals surface area contributed by atoms with Crippen molar-refractivity contribution in [3.8, 4) is 10.4 Å². The molecule has 0 saturated heterocycles. The third-order valence-electron chi connectivity index (χ3n) is 4.78. The minimum absolute atomic E-state index is 0.829. The van der Waals surface area contributed by atoms with Crippen LogP contribution in [0.5, 0.6) is 0 Å². The first-order valence-corrected chi connectivity index (χ1v) is 10.2. The molecule has 5 nitrogen and oxygen atoms in total. The number of aromatic nitrogens is 4. The lowest BCUT2D eigenvalue weighted by atomic mass is 10.0. The van der Waals surface area contributed by atoms with Crippen LogP contribution in [0.4, 0.5) is 5.82 Å². The fraction of sp³-hybridized carbons (Fsp3) is 0.263. The minimum Gasteiger partial charge on any atom is -0.351 e. The van der Waals surface area contributed by atoms with Crippen molar-refractivity contribution in [3.05, 3.63) is 52.0 Å². The summed E-state index contributed by atoms with van der Waals surface area (Å²) >= 11 is 3.39. The number of fused-ring (bicyclic) bond motifs is 2. The van der Waals surface area contributed by atoms with Gasteiger partial charge in [-0.25, -0.2) is 15.0 Å². The summed E-state index contributed by atoms with van der Waals surface area (Å²) in [6, 6.07) is 2.26. The van der Waals surface area contributed by atoms with Crippen molar-refractivity contribution < 1.29 is 0 Å². The lowest BCUT2D eigenvalue weighted by Crippen LogP contribution is -2.31. The highest BCUT2D eigenvalue weighted by Crippen LogP contribution is 2.34. The van der Waals surface area contributed by atoms with Gasteiger partial charge in [-0.15, -0.1) is 22.7 Å². The molecule has 0 N–H and O–H groups in total. The van der Waals surface area contributed by atoms with Gasteiger partial charge in [-0.1, -0.05) is 0 Å². The molecule has 0 radical (unpaired) electrons. The first kappa shape index (κ1) is 15.8. The molecule has 0 fully saturated rings. The standard InChI is InChI=1S/C19H17N5S2/c1-11-9-25-19-17(11)18(22-10-23-19)24-4-3-15-14(8-24)5-13(6-21-15)16-7-20-12(2)26-16/h5-7,9-10H,3-4,8H2,1-2H3. The Hall–Kier alpha value is -2.38. The van der Waals surface area contributed by atoms with E-state index in [1.807, 2.05) is 19.3 Å². The highest BCUT2D eigenvalue weighted by molar-refractivity contribution is 7.17. The number of aryl methyl sites for hydroxylation is 2. The van der Waals surface area contributed by atoms with Crippen LogP contribution in [0.1, 0.15) is 21.8 Å². The molecule has 1 aliphatic rings. The van der Waals surface area contributed by atoms with Crippen molar-refractivity contribution in [2.45, 2.75) is 26.8 Å². The average Bonchev–Trinajstić information content (AvgIpc) is 3.27. The molecule has 5 rings (SSSR count). The van der Waals surface area contributed by atoms with Crippen LogP contribution in [0, 0.1) is 13.8 Å². The predicted molar refractivity (Wildman–Crippen MR) is 107 cm³/mol. The summed E-state index contributed by atoms with van der Waals surface area (Å²) in [5.74, 6) is 1.04. The van der Waals surface area contributed by atoms with Gasteiger partial charge in [-0.2, -0.15) is 0 Å². The van der Waals surface area contributed by atoms with Crippen molar-refractivity contribution in [2.24, 2.45) is 0 Å². The van der Waals surface area contributed by atoms with Gasteiger partial charge in [0, 0.05) is 43.2 Å². The van der Waals surface area contributed by atoms with E-state index in [-0.39, 0.29) is 0 Å². The normalized spacial score (nSPS) is 14.0. The molecule has 4 aromatic rings. The summed E-state index contributed by atoms with van der Waals surface area (Å²) in [6.07, 6.45) is 6.53. The van der Waals surface area contributed by atoms with E-state index in [4.69, 9.17) is 4.98 Å². The number of anilines is 1. The molecule has 4 aromatic heterocycles. The lowest BCUT2D eigenvalue weighted by Gasteiger charge is -2.30. The molecule has 5 heterocycles. The van der Waals surface area contributed by atoms with E-state index in [0.29, 0.717) is 0 Å². The Balaban J connectivity index is 1.53.